The van der Waals surface area contributed by atoms with E-state index in [0.717, 1.165) is 28.8 Å². The average Bonchev–Trinajstić information content (AvgIpc) is 2.82. The molecule has 0 atom stereocenters. The predicted octanol–water partition coefficient (Wildman–Crippen LogP) is 2.58. The molecular formula is C14H14N4. The zero-order chi connectivity index (χ0) is 12.4. The van der Waals surface area contributed by atoms with Crippen LogP contribution < -0.4 is 5.32 Å². The molecule has 3 aromatic rings. The van der Waals surface area contributed by atoms with E-state index in [1.807, 2.05) is 48.5 Å². The lowest BCUT2D eigenvalue weighted by molar-refractivity contribution is 0.838. The Hall–Kier alpha value is -2.36. The standard InChI is InChI=1S/C14H14N4/c1-18-10-15-8-11(18)9-17-14-6-2-5-13-12(14)4-3-7-16-13/h2-8,10,17H,9H2,1H3. The molecule has 0 aliphatic heterocycles. The molecule has 1 N–H and O–H groups in total. The number of fused-ring (bicyclic) bond motifs is 1. The summed E-state index contributed by atoms with van der Waals surface area (Å²) in [6, 6.07) is 10.1. The summed E-state index contributed by atoms with van der Waals surface area (Å²) in [7, 11) is 1.99. The Morgan fingerprint density at radius 2 is 2.17 bits per heavy atom. The molecule has 1 aromatic carbocycles. The van der Waals surface area contributed by atoms with Gasteiger partial charge in [-0.1, -0.05) is 6.07 Å². The minimum atomic E-state index is 0.754. The normalized spacial score (nSPS) is 10.7. The number of hydrogen-bond acceptors (Lipinski definition) is 3. The molecule has 4 heteroatoms. The minimum Gasteiger partial charge on any atom is -0.379 e. The molecule has 18 heavy (non-hydrogen) atoms. The molecule has 2 aromatic heterocycles. The molecule has 90 valence electrons. The van der Waals surface area contributed by atoms with Gasteiger partial charge in [-0.15, -0.1) is 0 Å². The Balaban J connectivity index is 1.89. The van der Waals surface area contributed by atoms with Gasteiger partial charge in [-0.2, -0.15) is 0 Å². The Kier molecular flexibility index (Phi) is 2.68. The summed E-state index contributed by atoms with van der Waals surface area (Å²) in [5, 5.41) is 4.57. The first kappa shape index (κ1) is 10.8. The lowest BCUT2D eigenvalue weighted by Gasteiger charge is -2.09. The van der Waals surface area contributed by atoms with Gasteiger partial charge in [0, 0.05) is 30.5 Å². The first-order chi connectivity index (χ1) is 8.84. The van der Waals surface area contributed by atoms with Crippen LogP contribution in [0.2, 0.25) is 0 Å². The zero-order valence-corrected chi connectivity index (χ0v) is 10.2. The van der Waals surface area contributed by atoms with Crippen LogP contribution in [0.4, 0.5) is 5.69 Å². The lowest BCUT2D eigenvalue weighted by Crippen LogP contribution is -2.04. The van der Waals surface area contributed by atoms with Gasteiger partial charge < -0.3 is 9.88 Å². The number of anilines is 1. The molecule has 0 radical (unpaired) electrons. The smallest absolute Gasteiger partial charge is 0.0946 e. The molecule has 2 heterocycles. The van der Waals surface area contributed by atoms with Crippen molar-refractivity contribution in [2.24, 2.45) is 7.05 Å². The largest absolute Gasteiger partial charge is 0.379 e. The molecule has 0 bridgehead atoms. The van der Waals surface area contributed by atoms with Gasteiger partial charge in [-0.25, -0.2) is 4.98 Å². The summed E-state index contributed by atoms with van der Waals surface area (Å²) in [6.45, 7) is 0.754. The second-order valence-electron chi connectivity index (χ2n) is 4.23. The van der Waals surface area contributed by atoms with Crippen LogP contribution in [0.25, 0.3) is 10.9 Å². The van der Waals surface area contributed by atoms with E-state index in [1.54, 1.807) is 0 Å². The van der Waals surface area contributed by atoms with E-state index in [9.17, 15) is 0 Å². The fourth-order valence-corrected chi connectivity index (χ4v) is 2.00. The van der Waals surface area contributed by atoms with Gasteiger partial charge in [-0.3, -0.25) is 4.98 Å². The second kappa shape index (κ2) is 4.49. The molecule has 0 amide bonds. The van der Waals surface area contributed by atoms with E-state index in [-0.39, 0.29) is 0 Å². The highest BCUT2D eigenvalue weighted by atomic mass is 15.0. The monoisotopic (exact) mass is 238 g/mol. The Morgan fingerprint density at radius 3 is 3.00 bits per heavy atom. The molecule has 4 nitrogen and oxygen atoms in total. The number of pyridine rings is 1. The Labute approximate surface area is 105 Å². The van der Waals surface area contributed by atoms with Crippen molar-refractivity contribution in [2.75, 3.05) is 5.32 Å². The highest BCUT2D eigenvalue weighted by Gasteiger charge is 2.02. The lowest BCUT2D eigenvalue weighted by atomic mass is 10.2. The van der Waals surface area contributed by atoms with Crippen molar-refractivity contribution < 1.29 is 0 Å². The number of nitrogens with one attached hydrogen (secondary N) is 1. The first-order valence-corrected chi connectivity index (χ1v) is 5.87. The number of hydrogen-bond donors (Lipinski definition) is 1. The Bertz CT molecular complexity index is 667. The molecule has 0 spiro atoms. The molecule has 0 saturated heterocycles. The van der Waals surface area contributed by atoms with Crippen LogP contribution in [0, 0.1) is 0 Å². The summed E-state index contributed by atoms with van der Waals surface area (Å²) >= 11 is 0. The third kappa shape index (κ3) is 1.93. The van der Waals surface area contributed by atoms with Gasteiger partial charge in [0.25, 0.3) is 0 Å². The highest BCUT2D eigenvalue weighted by Crippen LogP contribution is 2.21. The molecular weight excluding hydrogens is 224 g/mol. The van der Waals surface area contributed by atoms with Crippen molar-refractivity contribution in [3.63, 3.8) is 0 Å². The van der Waals surface area contributed by atoms with Crippen molar-refractivity contribution >= 4 is 16.6 Å². The van der Waals surface area contributed by atoms with Crippen molar-refractivity contribution in [3.8, 4) is 0 Å². The summed E-state index contributed by atoms with van der Waals surface area (Å²) in [5.41, 5.74) is 3.25. The third-order valence-corrected chi connectivity index (χ3v) is 3.02. The SMILES string of the molecule is Cn1cncc1CNc1cccc2ncccc12. The molecule has 0 aliphatic carbocycles. The van der Waals surface area contributed by atoms with Gasteiger partial charge in [0.2, 0.25) is 0 Å². The summed E-state index contributed by atoms with van der Waals surface area (Å²) in [5.74, 6) is 0. The van der Waals surface area contributed by atoms with Crippen LogP contribution in [0.15, 0.2) is 49.1 Å². The fourth-order valence-electron chi connectivity index (χ4n) is 2.00. The van der Waals surface area contributed by atoms with E-state index >= 15 is 0 Å². The van der Waals surface area contributed by atoms with Crippen LogP contribution in [0.3, 0.4) is 0 Å². The highest BCUT2D eigenvalue weighted by molar-refractivity contribution is 5.91. The number of imidazole rings is 1. The zero-order valence-electron chi connectivity index (χ0n) is 10.2. The number of benzene rings is 1. The molecule has 0 fully saturated rings. The van der Waals surface area contributed by atoms with Crippen molar-refractivity contribution in [3.05, 3.63) is 54.7 Å². The van der Waals surface area contributed by atoms with Crippen molar-refractivity contribution in [1.82, 2.24) is 14.5 Å². The van der Waals surface area contributed by atoms with Crippen LogP contribution in [-0.2, 0) is 13.6 Å². The average molecular weight is 238 g/mol. The predicted molar refractivity (Wildman–Crippen MR) is 72.3 cm³/mol. The van der Waals surface area contributed by atoms with E-state index < -0.39 is 0 Å². The first-order valence-electron chi connectivity index (χ1n) is 5.87. The van der Waals surface area contributed by atoms with Crippen molar-refractivity contribution in [2.45, 2.75) is 6.54 Å². The van der Waals surface area contributed by atoms with Crippen LogP contribution in [0.1, 0.15) is 5.69 Å². The molecule has 3 rings (SSSR count). The summed E-state index contributed by atoms with van der Waals surface area (Å²) in [4.78, 5) is 8.45. The molecule has 0 saturated carbocycles. The summed E-state index contributed by atoms with van der Waals surface area (Å²) < 4.78 is 2.01. The maximum Gasteiger partial charge on any atom is 0.0946 e. The summed E-state index contributed by atoms with van der Waals surface area (Å²) in [6.07, 6.45) is 5.49. The Morgan fingerprint density at radius 1 is 1.22 bits per heavy atom. The van der Waals surface area contributed by atoms with Gasteiger partial charge in [0.1, 0.15) is 0 Å². The second-order valence-corrected chi connectivity index (χ2v) is 4.23. The third-order valence-electron chi connectivity index (χ3n) is 3.02. The fraction of sp³-hybridized carbons (Fsp3) is 0.143. The van der Waals surface area contributed by atoms with Crippen LogP contribution >= 0.6 is 0 Å². The molecule has 0 unspecified atom stereocenters. The van der Waals surface area contributed by atoms with Gasteiger partial charge in [0.05, 0.1) is 24.1 Å². The van der Waals surface area contributed by atoms with Crippen LogP contribution in [-0.4, -0.2) is 14.5 Å². The maximum atomic E-state index is 4.35. The van der Waals surface area contributed by atoms with E-state index in [1.165, 1.54) is 0 Å². The van der Waals surface area contributed by atoms with E-state index in [4.69, 9.17) is 0 Å². The van der Waals surface area contributed by atoms with E-state index in [2.05, 4.69) is 27.4 Å². The quantitative estimate of drug-likeness (QED) is 0.762. The van der Waals surface area contributed by atoms with Gasteiger partial charge >= 0.3 is 0 Å². The van der Waals surface area contributed by atoms with Gasteiger partial charge in [-0.05, 0) is 24.3 Å². The maximum absolute atomic E-state index is 4.35. The number of aromatic nitrogens is 3. The van der Waals surface area contributed by atoms with Crippen LogP contribution in [0.5, 0.6) is 0 Å². The van der Waals surface area contributed by atoms with E-state index in [0.29, 0.717) is 0 Å². The molecule has 0 aliphatic rings. The minimum absolute atomic E-state index is 0.754. The number of aryl methyl sites for hydroxylation is 1. The number of nitrogens with zero attached hydrogens (tertiary/aromatic N) is 3. The van der Waals surface area contributed by atoms with Gasteiger partial charge in [0.15, 0.2) is 0 Å². The number of rotatable bonds is 3. The topological polar surface area (TPSA) is 42.7 Å². The van der Waals surface area contributed by atoms with Crippen molar-refractivity contribution in [1.29, 1.82) is 0 Å².